The van der Waals surface area contributed by atoms with Gasteiger partial charge in [-0.15, -0.1) is 0 Å². The van der Waals surface area contributed by atoms with Gasteiger partial charge in [0, 0.05) is 17.4 Å². The van der Waals surface area contributed by atoms with Crippen LogP contribution < -0.4 is 4.74 Å². The minimum atomic E-state index is -0.441. The van der Waals surface area contributed by atoms with Gasteiger partial charge in [-0.1, -0.05) is 29.8 Å². The number of rotatable bonds is 4. The molecule has 0 saturated carbocycles. The summed E-state index contributed by atoms with van der Waals surface area (Å²) < 4.78 is 8.07. The van der Waals surface area contributed by atoms with Gasteiger partial charge in [0.05, 0.1) is 4.92 Å². The second kappa shape index (κ2) is 5.85. The number of hydrogen-bond donors (Lipinski definition) is 0. The van der Waals surface area contributed by atoms with Crippen LogP contribution in [0.2, 0.25) is 0 Å². The number of aromatic nitrogens is 2. The van der Waals surface area contributed by atoms with Crippen LogP contribution in [0.15, 0.2) is 22.7 Å². The molecule has 0 N–H and O–H groups in total. The molecule has 0 spiro atoms. The second-order valence-corrected chi connectivity index (χ2v) is 5.94. The Bertz CT molecular complexity index is 695. The van der Waals surface area contributed by atoms with Crippen LogP contribution in [-0.4, -0.2) is 14.7 Å². The highest BCUT2D eigenvalue weighted by Crippen LogP contribution is 2.37. The Kier molecular flexibility index (Phi) is 4.32. The summed E-state index contributed by atoms with van der Waals surface area (Å²) >= 11 is 3.41. The third-order valence-electron chi connectivity index (χ3n) is 3.07. The van der Waals surface area contributed by atoms with Gasteiger partial charge in [-0.05, 0) is 30.7 Å². The fourth-order valence-electron chi connectivity index (χ4n) is 1.98. The number of ether oxygens (including phenoxy) is 1. The molecule has 21 heavy (non-hydrogen) atoms. The molecule has 2 aromatic rings. The molecule has 7 heteroatoms. The molecular formula is C14H16BrN3O3. The first-order valence-electron chi connectivity index (χ1n) is 6.46. The molecule has 0 aliphatic rings. The van der Waals surface area contributed by atoms with Crippen molar-refractivity contribution in [3.8, 4) is 11.6 Å². The van der Waals surface area contributed by atoms with Crippen molar-refractivity contribution in [3.05, 3.63) is 44.0 Å². The number of halogens is 1. The molecule has 6 nitrogen and oxygen atoms in total. The van der Waals surface area contributed by atoms with E-state index in [9.17, 15) is 10.1 Å². The van der Waals surface area contributed by atoms with Gasteiger partial charge in [0.1, 0.15) is 11.4 Å². The quantitative estimate of drug-likeness (QED) is 0.606. The van der Waals surface area contributed by atoms with Gasteiger partial charge < -0.3 is 4.74 Å². The fourth-order valence-corrected chi connectivity index (χ4v) is 2.23. The molecule has 1 aromatic heterocycles. The Hall–Kier alpha value is -1.89. The molecule has 112 valence electrons. The number of hydrogen-bond acceptors (Lipinski definition) is 4. The van der Waals surface area contributed by atoms with Crippen molar-refractivity contribution < 1.29 is 9.66 Å². The van der Waals surface area contributed by atoms with E-state index in [1.54, 1.807) is 13.1 Å². The minimum Gasteiger partial charge on any atom is -0.434 e. The number of nitrogens with zero attached hydrogens (tertiary/aromatic N) is 3. The largest absolute Gasteiger partial charge is 0.434 e. The van der Waals surface area contributed by atoms with Gasteiger partial charge in [-0.3, -0.25) is 10.1 Å². The maximum atomic E-state index is 11.3. The Balaban J connectivity index is 2.48. The monoisotopic (exact) mass is 353 g/mol. The van der Waals surface area contributed by atoms with E-state index in [1.165, 1.54) is 4.68 Å². The fraction of sp³-hybridized carbons (Fsp3) is 0.357. The lowest BCUT2D eigenvalue weighted by molar-refractivity contribution is -0.386. The summed E-state index contributed by atoms with van der Waals surface area (Å²) in [6, 6.07) is 5.41. The number of benzene rings is 1. The van der Waals surface area contributed by atoms with E-state index >= 15 is 0 Å². The van der Waals surface area contributed by atoms with Crippen LogP contribution in [0.1, 0.15) is 31.0 Å². The smallest absolute Gasteiger partial charge is 0.354 e. The van der Waals surface area contributed by atoms with Crippen molar-refractivity contribution in [2.24, 2.45) is 7.05 Å². The predicted octanol–water partition coefficient (Wildman–Crippen LogP) is 4.31. The Morgan fingerprint density at radius 3 is 2.62 bits per heavy atom. The summed E-state index contributed by atoms with van der Waals surface area (Å²) in [6.45, 7) is 5.65. The Morgan fingerprint density at radius 2 is 2.10 bits per heavy atom. The van der Waals surface area contributed by atoms with Crippen LogP contribution in [0.25, 0.3) is 0 Å². The van der Waals surface area contributed by atoms with Crippen molar-refractivity contribution in [2.45, 2.75) is 26.7 Å². The van der Waals surface area contributed by atoms with Gasteiger partial charge >= 0.3 is 5.69 Å². The van der Waals surface area contributed by atoms with Crippen LogP contribution in [0, 0.1) is 17.0 Å². The first-order valence-corrected chi connectivity index (χ1v) is 7.25. The average molecular weight is 354 g/mol. The molecule has 0 aliphatic carbocycles. The molecule has 0 fully saturated rings. The number of aryl methyl sites for hydroxylation is 2. The SMILES string of the molecule is Cc1cc(Oc2c([N+](=O)[O-])c(C(C)C)nn2C)ccc1Br. The highest BCUT2D eigenvalue weighted by molar-refractivity contribution is 9.10. The Morgan fingerprint density at radius 1 is 1.43 bits per heavy atom. The normalized spacial score (nSPS) is 11.0. The highest BCUT2D eigenvalue weighted by Gasteiger charge is 2.30. The summed E-state index contributed by atoms with van der Waals surface area (Å²) in [5.41, 5.74) is 1.33. The van der Waals surface area contributed by atoms with Crippen LogP contribution in [-0.2, 0) is 7.05 Å². The molecule has 2 rings (SSSR count). The zero-order valence-corrected chi connectivity index (χ0v) is 13.8. The molecule has 0 unspecified atom stereocenters. The van der Waals surface area contributed by atoms with Crippen molar-refractivity contribution in [1.29, 1.82) is 0 Å². The molecule has 0 aliphatic heterocycles. The van der Waals surface area contributed by atoms with Crippen LogP contribution in [0.4, 0.5) is 5.69 Å². The lowest BCUT2D eigenvalue weighted by atomic mass is 10.1. The van der Waals surface area contributed by atoms with Gasteiger partial charge in [0.2, 0.25) is 0 Å². The molecule has 0 atom stereocenters. The molecule has 0 amide bonds. The molecule has 1 aromatic carbocycles. The van der Waals surface area contributed by atoms with E-state index in [4.69, 9.17) is 4.74 Å². The van der Waals surface area contributed by atoms with Gasteiger partial charge in [0.25, 0.3) is 5.88 Å². The topological polar surface area (TPSA) is 70.2 Å². The highest BCUT2D eigenvalue weighted by atomic mass is 79.9. The molecule has 0 saturated heterocycles. The molecule has 1 heterocycles. The van der Waals surface area contributed by atoms with E-state index in [0.717, 1.165) is 10.0 Å². The maximum absolute atomic E-state index is 11.3. The molecular weight excluding hydrogens is 338 g/mol. The van der Waals surface area contributed by atoms with E-state index in [2.05, 4.69) is 21.0 Å². The lowest BCUT2D eigenvalue weighted by Gasteiger charge is -2.07. The zero-order chi connectivity index (χ0) is 15.7. The van der Waals surface area contributed by atoms with Crippen molar-refractivity contribution in [2.75, 3.05) is 0 Å². The molecule has 0 radical (unpaired) electrons. The van der Waals surface area contributed by atoms with Gasteiger partial charge in [-0.2, -0.15) is 5.10 Å². The number of nitro groups is 1. The van der Waals surface area contributed by atoms with Crippen LogP contribution >= 0.6 is 15.9 Å². The summed E-state index contributed by atoms with van der Waals surface area (Å²) in [7, 11) is 1.64. The van der Waals surface area contributed by atoms with Crippen molar-refractivity contribution >= 4 is 21.6 Å². The summed E-state index contributed by atoms with van der Waals surface area (Å²) in [6.07, 6.45) is 0. The summed E-state index contributed by atoms with van der Waals surface area (Å²) in [5.74, 6) is 0.628. The zero-order valence-electron chi connectivity index (χ0n) is 12.3. The van der Waals surface area contributed by atoms with Crippen molar-refractivity contribution in [3.63, 3.8) is 0 Å². The van der Waals surface area contributed by atoms with E-state index in [1.807, 2.05) is 32.9 Å². The average Bonchev–Trinajstić information content (AvgIpc) is 2.72. The van der Waals surface area contributed by atoms with Gasteiger partial charge in [-0.25, -0.2) is 4.68 Å². The van der Waals surface area contributed by atoms with E-state index in [-0.39, 0.29) is 17.5 Å². The predicted molar refractivity (Wildman–Crippen MR) is 82.9 cm³/mol. The second-order valence-electron chi connectivity index (χ2n) is 5.09. The van der Waals surface area contributed by atoms with E-state index < -0.39 is 4.92 Å². The first-order chi connectivity index (χ1) is 9.81. The Labute approximate surface area is 131 Å². The van der Waals surface area contributed by atoms with Gasteiger partial charge in [0.15, 0.2) is 0 Å². The third-order valence-corrected chi connectivity index (χ3v) is 3.96. The van der Waals surface area contributed by atoms with Crippen molar-refractivity contribution in [1.82, 2.24) is 9.78 Å². The summed E-state index contributed by atoms with van der Waals surface area (Å²) in [5, 5.41) is 15.5. The van der Waals surface area contributed by atoms with Crippen LogP contribution in [0.5, 0.6) is 11.6 Å². The standard InChI is InChI=1S/C14H16BrN3O3/c1-8(2)12-13(18(19)20)14(17(4)16-12)21-10-5-6-11(15)9(3)7-10/h5-8H,1-4H3. The molecule has 0 bridgehead atoms. The summed E-state index contributed by atoms with van der Waals surface area (Å²) in [4.78, 5) is 10.9. The first kappa shape index (κ1) is 15.5. The lowest BCUT2D eigenvalue weighted by Crippen LogP contribution is -1.98. The third kappa shape index (κ3) is 3.07. The van der Waals surface area contributed by atoms with Crippen LogP contribution in [0.3, 0.4) is 0 Å². The minimum absolute atomic E-state index is 0.0550. The maximum Gasteiger partial charge on any atom is 0.354 e. The van der Waals surface area contributed by atoms with E-state index in [0.29, 0.717) is 11.4 Å².